The number of para-hydroxylation sites is 1. The molecule has 0 fully saturated rings. The number of nitrogens with one attached hydrogen (secondary N) is 1. The maximum atomic E-state index is 12.8. The number of carbonyl (C=O) groups excluding carboxylic acids is 1. The Balaban J connectivity index is 1.37. The van der Waals surface area contributed by atoms with Crippen molar-refractivity contribution in [3.63, 3.8) is 0 Å². The predicted molar refractivity (Wildman–Crippen MR) is 109 cm³/mol. The Kier molecular flexibility index (Phi) is 4.52. The molecule has 2 aromatic carbocycles. The van der Waals surface area contributed by atoms with Crippen molar-refractivity contribution in [2.75, 3.05) is 24.8 Å². The molecule has 5 rings (SSSR count). The summed E-state index contributed by atoms with van der Waals surface area (Å²) in [6.07, 6.45) is 4.64. The second-order valence-electron chi connectivity index (χ2n) is 7.15. The van der Waals surface area contributed by atoms with Crippen LogP contribution in [0.15, 0.2) is 67.0 Å². The minimum Gasteiger partial charge on any atom is -0.454 e. The Hall–Kier alpha value is -3.54. The number of fused-ring (bicyclic) bond motifs is 2. The third-order valence-electron chi connectivity index (χ3n) is 5.46. The summed E-state index contributed by atoms with van der Waals surface area (Å²) >= 11 is 0. The topological polar surface area (TPSA) is 63.7 Å². The van der Waals surface area contributed by atoms with Gasteiger partial charge in [0.15, 0.2) is 11.5 Å². The highest BCUT2D eigenvalue weighted by Crippen LogP contribution is 2.35. The van der Waals surface area contributed by atoms with Crippen LogP contribution in [0.4, 0.5) is 5.69 Å². The minimum absolute atomic E-state index is 0.00492. The van der Waals surface area contributed by atoms with Crippen LogP contribution >= 0.6 is 0 Å². The van der Waals surface area contributed by atoms with E-state index in [1.165, 1.54) is 11.3 Å². The Morgan fingerprint density at radius 2 is 2.00 bits per heavy atom. The van der Waals surface area contributed by atoms with E-state index in [1.807, 2.05) is 12.3 Å². The summed E-state index contributed by atoms with van der Waals surface area (Å²) in [5, 5.41) is 3.09. The van der Waals surface area contributed by atoms with Crippen LogP contribution < -0.4 is 19.7 Å². The summed E-state index contributed by atoms with van der Waals surface area (Å²) in [6.45, 7) is 1.59. The van der Waals surface area contributed by atoms with Gasteiger partial charge in [0.2, 0.25) is 6.79 Å². The molecule has 0 bridgehead atoms. The van der Waals surface area contributed by atoms with Gasteiger partial charge in [-0.05, 0) is 47.9 Å². The monoisotopic (exact) mass is 387 g/mol. The second kappa shape index (κ2) is 7.47. The van der Waals surface area contributed by atoms with Gasteiger partial charge < -0.3 is 19.7 Å². The lowest BCUT2D eigenvalue weighted by atomic mass is 10.1. The molecule has 1 atom stereocenters. The molecule has 3 heterocycles. The quantitative estimate of drug-likeness (QED) is 0.727. The van der Waals surface area contributed by atoms with Crippen molar-refractivity contribution in [3.05, 3.63) is 83.7 Å². The van der Waals surface area contributed by atoms with E-state index in [2.05, 4.69) is 45.5 Å². The van der Waals surface area contributed by atoms with Gasteiger partial charge in [-0.1, -0.05) is 24.3 Å². The number of hydrogen-bond donors (Lipinski definition) is 1. The highest BCUT2D eigenvalue weighted by atomic mass is 16.7. The number of amides is 1. The van der Waals surface area contributed by atoms with Crippen LogP contribution in [0.25, 0.3) is 0 Å². The minimum atomic E-state index is -0.135. The summed E-state index contributed by atoms with van der Waals surface area (Å²) < 4.78 is 10.7. The van der Waals surface area contributed by atoms with Crippen LogP contribution in [0.2, 0.25) is 0 Å². The standard InChI is InChI=1S/C23H21N3O3/c27-23(17-7-8-21-22(12-17)29-15-28-21)25-14-20(18-5-3-10-24-13-18)26-11-9-16-4-1-2-6-19(16)26/h1-8,10,12-13,20H,9,11,14-15H2,(H,25,27)/t20-/m1/s1. The molecule has 1 amide bonds. The van der Waals surface area contributed by atoms with Gasteiger partial charge in [-0.25, -0.2) is 0 Å². The van der Waals surface area contributed by atoms with E-state index in [4.69, 9.17) is 9.47 Å². The number of hydrogen-bond acceptors (Lipinski definition) is 5. The van der Waals surface area contributed by atoms with Crippen LogP contribution in [0.5, 0.6) is 11.5 Å². The highest BCUT2D eigenvalue weighted by Gasteiger charge is 2.28. The van der Waals surface area contributed by atoms with Crippen LogP contribution in [0.1, 0.15) is 27.5 Å². The van der Waals surface area contributed by atoms with Gasteiger partial charge >= 0.3 is 0 Å². The number of rotatable bonds is 5. The van der Waals surface area contributed by atoms with Crippen molar-refractivity contribution in [2.45, 2.75) is 12.5 Å². The molecule has 1 N–H and O–H groups in total. The van der Waals surface area contributed by atoms with Crippen LogP contribution in [0.3, 0.4) is 0 Å². The number of benzene rings is 2. The smallest absolute Gasteiger partial charge is 0.251 e. The lowest BCUT2D eigenvalue weighted by molar-refractivity contribution is 0.0950. The summed E-state index contributed by atoms with van der Waals surface area (Å²) in [7, 11) is 0. The molecular weight excluding hydrogens is 366 g/mol. The van der Waals surface area contributed by atoms with Gasteiger partial charge in [-0.3, -0.25) is 9.78 Å². The van der Waals surface area contributed by atoms with Crippen LogP contribution in [-0.4, -0.2) is 30.8 Å². The second-order valence-corrected chi connectivity index (χ2v) is 7.15. The molecule has 0 aliphatic carbocycles. The summed E-state index contributed by atoms with van der Waals surface area (Å²) in [6, 6.07) is 17.7. The number of anilines is 1. The van der Waals surface area contributed by atoms with E-state index in [1.54, 1.807) is 24.4 Å². The van der Waals surface area contributed by atoms with Crippen molar-refractivity contribution in [1.29, 1.82) is 0 Å². The van der Waals surface area contributed by atoms with Crippen LogP contribution in [0, 0.1) is 0 Å². The molecule has 3 aromatic rings. The van der Waals surface area contributed by atoms with E-state index in [0.717, 1.165) is 18.5 Å². The fourth-order valence-corrected chi connectivity index (χ4v) is 4.00. The fourth-order valence-electron chi connectivity index (χ4n) is 4.00. The van der Waals surface area contributed by atoms with E-state index >= 15 is 0 Å². The van der Waals surface area contributed by atoms with Gasteiger partial charge in [0.25, 0.3) is 5.91 Å². The molecule has 2 aliphatic rings. The number of pyridine rings is 1. The zero-order chi connectivity index (χ0) is 19.6. The third kappa shape index (κ3) is 3.38. The lowest BCUT2D eigenvalue weighted by Gasteiger charge is -2.31. The molecule has 0 spiro atoms. The Labute approximate surface area is 169 Å². The normalized spacial score (nSPS) is 15.1. The first-order valence-corrected chi connectivity index (χ1v) is 9.72. The highest BCUT2D eigenvalue weighted by molar-refractivity contribution is 5.95. The maximum Gasteiger partial charge on any atom is 0.251 e. The molecular formula is C23H21N3O3. The predicted octanol–water partition coefficient (Wildman–Crippen LogP) is 3.34. The maximum absolute atomic E-state index is 12.8. The van der Waals surface area contributed by atoms with Crippen molar-refractivity contribution in [2.24, 2.45) is 0 Å². The molecule has 1 aromatic heterocycles. The zero-order valence-electron chi connectivity index (χ0n) is 15.9. The van der Waals surface area contributed by atoms with E-state index < -0.39 is 0 Å². The van der Waals surface area contributed by atoms with Crippen LogP contribution in [-0.2, 0) is 6.42 Å². The molecule has 146 valence electrons. The van der Waals surface area contributed by atoms with Gasteiger partial charge in [0.1, 0.15) is 0 Å². The summed E-state index contributed by atoms with van der Waals surface area (Å²) in [4.78, 5) is 19.4. The zero-order valence-corrected chi connectivity index (χ0v) is 15.9. The molecule has 29 heavy (non-hydrogen) atoms. The molecule has 2 aliphatic heterocycles. The van der Waals surface area contributed by atoms with E-state index in [0.29, 0.717) is 23.6 Å². The van der Waals surface area contributed by atoms with Gasteiger partial charge in [-0.15, -0.1) is 0 Å². The van der Waals surface area contributed by atoms with Gasteiger partial charge in [0, 0.05) is 36.7 Å². The first-order chi connectivity index (χ1) is 14.3. The largest absolute Gasteiger partial charge is 0.454 e. The van der Waals surface area contributed by atoms with E-state index in [9.17, 15) is 4.79 Å². The average Bonchev–Trinajstić information content (AvgIpc) is 3.41. The number of nitrogens with zero attached hydrogens (tertiary/aromatic N) is 2. The first kappa shape index (κ1) is 17.6. The van der Waals surface area contributed by atoms with Crippen molar-refractivity contribution in [1.82, 2.24) is 10.3 Å². The van der Waals surface area contributed by atoms with Crippen molar-refractivity contribution < 1.29 is 14.3 Å². The molecule has 0 saturated carbocycles. The number of aromatic nitrogens is 1. The SMILES string of the molecule is O=C(NC[C@H](c1cccnc1)N1CCc2ccccc21)c1ccc2c(c1)OCO2. The number of carbonyl (C=O) groups is 1. The molecule has 6 heteroatoms. The Bertz CT molecular complexity index is 1040. The molecule has 0 saturated heterocycles. The van der Waals surface area contributed by atoms with E-state index in [-0.39, 0.29) is 18.7 Å². The summed E-state index contributed by atoms with van der Waals surface area (Å²) in [5.74, 6) is 1.14. The molecule has 0 unspecified atom stereocenters. The third-order valence-corrected chi connectivity index (χ3v) is 5.46. The fraction of sp³-hybridized carbons (Fsp3) is 0.217. The first-order valence-electron chi connectivity index (χ1n) is 9.72. The van der Waals surface area contributed by atoms with Gasteiger partial charge in [-0.2, -0.15) is 0 Å². The van der Waals surface area contributed by atoms with Crippen molar-refractivity contribution in [3.8, 4) is 11.5 Å². The Morgan fingerprint density at radius 1 is 1.10 bits per heavy atom. The van der Waals surface area contributed by atoms with Gasteiger partial charge in [0.05, 0.1) is 6.04 Å². The molecule has 6 nitrogen and oxygen atoms in total. The lowest BCUT2D eigenvalue weighted by Crippen LogP contribution is -2.37. The molecule has 0 radical (unpaired) electrons. The number of ether oxygens (including phenoxy) is 2. The average molecular weight is 387 g/mol. The summed E-state index contributed by atoms with van der Waals surface area (Å²) in [5.41, 5.74) is 4.19. The Morgan fingerprint density at radius 3 is 2.90 bits per heavy atom. The van der Waals surface area contributed by atoms with Crippen molar-refractivity contribution >= 4 is 11.6 Å².